The van der Waals surface area contributed by atoms with Crippen molar-refractivity contribution in [1.82, 2.24) is 15.2 Å². The largest absolute Gasteiger partial charge is 0.480 e. The molecule has 0 spiro atoms. The van der Waals surface area contributed by atoms with Crippen LogP contribution in [0.3, 0.4) is 0 Å². The number of carbonyl (C=O) groups excluding carboxylic acids is 1. The number of nitrogens with zero attached hydrogens (tertiary/aromatic N) is 2. The van der Waals surface area contributed by atoms with Crippen LogP contribution in [0.5, 0.6) is 5.88 Å². The highest BCUT2D eigenvalue weighted by atomic mass is 32.2. The number of amides is 1. The summed E-state index contributed by atoms with van der Waals surface area (Å²) in [5.74, 6) is -4.26. The Labute approximate surface area is 184 Å². The fraction of sp³-hybridized carbons (Fsp3) is 0.0500. The van der Waals surface area contributed by atoms with Crippen molar-refractivity contribution in [2.24, 2.45) is 5.73 Å². The summed E-state index contributed by atoms with van der Waals surface area (Å²) in [5, 5.41) is 6.14. The monoisotopic (exact) mass is 477 g/mol. The summed E-state index contributed by atoms with van der Waals surface area (Å²) in [6.45, 7) is 0. The summed E-state index contributed by atoms with van der Waals surface area (Å²) in [4.78, 5) is 14.3. The Hall–Kier alpha value is -4.13. The number of nitrogens with two attached hydrogens (primary N) is 1. The second kappa shape index (κ2) is 8.09. The number of H-pyrrole nitrogens is 1. The maximum Gasteiger partial charge on any atom is 0.267 e. The molecule has 0 aliphatic carbocycles. The van der Waals surface area contributed by atoms with Gasteiger partial charge in [0.25, 0.3) is 15.9 Å². The predicted octanol–water partition coefficient (Wildman–Crippen LogP) is 2.95. The Balaban J connectivity index is 1.79. The van der Waals surface area contributed by atoms with Crippen molar-refractivity contribution in [3.8, 4) is 17.0 Å². The zero-order valence-corrected chi connectivity index (χ0v) is 17.5. The third kappa shape index (κ3) is 3.82. The van der Waals surface area contributed by atoms with Gasteiger partial charge < -0.3 is 10.5 Å². The highest BCUT2D eigenvalue weighted by molar-refractivity contribution is 7.92. The summed E-state index contributed by atoms with van der Waals surface area (Å²) in [6, 6.07) is 6.82. The average Bonchev–Trinajstić information content (AvgIpc) is 3.21. The molecule has 0 aliphatic heterocycles. The number of pyridine rings is 1. The molecule has 13 heteroatoms. The van der Waals surface area contributed by atoms with Gasteiger partial charge in [0.1, 0.15) is 17.0 Å². The van der Waals surface area contributed by atoms with E-state index in [0.717, 1.165) is 19.4 Å². The van der Waals surface area contributed by atoms with Crippen molar-refractivity contribution in [1.29, 1.82) is 0 Å². The highest BCUT2D eigenvalue weighted by Gasteiger charge is 2.25. The Morgan fingerprint density at radius 1 is 1.12 bits per heavy atom. The van der Waals surface area contributed by atoms with Gasteiger partial charge in [-0.05, 0) is 12.1 Å². The summed E-state index contributed by atoms with van der Waals surface area (Å²) in [5.41, 5.74) is 3.79. The fourth-order valence-corrected chi connectivity index (χ4v) is 4.41. The van der Waals surface area contributed by atoms with E-state index >= 15 is 8.78 Å². The number of halogens is 3. The van der Waals surface area contributed by atoms with Crippen LogP contribution in [0.15, 0.2) is 47.5 Å². The summed E-state index contributed by atoms with van der Waals surface area (Å²) in [6.07, 6.45) is 0.761. The number of methoxy groups -OCH3 is 1. The van der Waals surface area contributed by atoms with Gasteiger partial charge in [0.15, 0.2) is 16.5 Å². The van der Waals surface area contributed by atoms with Crippen LogP contribution in [-0.2, 0) is 10.0 Å². The van der Waals surface area contributed by atoms with Gasteiger partial charge in [-0.25, -0.2) is 26.6 Å². The molecule has 0 unspecified atom stereocenters. The molecule has 0 radical (unpaired) electrons. The fourth-order valence-electron chi connectivity index (χ4n) is 3.22. The van der Waals surface area contributed by atoms with E-state index in [4.69, 9.17) is 10.5 Å². The number of aromatic nitrogens is 3. The van der Waals surface area contributed by atoms with Crippen LogP contribution in [0.2, 0.25) is 0 Å². The van der Waals surface area contributed by atoms with E-state index in [1.807, 2.05) is 4.72 Å². The first-order chi connectivity index (χ1) is 15.6. The molecule has 1 amide bonds. The van der Waals surface area contributed by atoms with Gasteiger partial charge in [0.2, 0.25) is 5.88 Å². The molecule has 0 fully saturated rings. The maximum absolute atomic E-state index is 15.3. The number of nitrogens with one attached hydrogen (secondary N) is 2. The van der Waals surface area contributed by atoms with Crippen molar-refractivity contribution >= 4 is 32.5 Å². The zero-order chi connectivity index (χ0) is 23.9. The van der Waals surface area contributed by atoms with Gasteiger partial charge in [-0.1, -0.05) is 18.2 Å². The average molecular weight is 477 g/mol. The van der Waals surface area contributed by atoms with Crippen molar-refractivity contribution in [2.75, 3.05) is 11.8 Å². The number of benzene rings is 2. The number of fused-ring (bicyclic) bond motifs is 1. The summed E-state index contributed by atoms with van der Waals surface area (Å²) >= 11 is 0. The number of rotatable bonds is 6. The number of hydrogen-bond acceptors (Lipinski definition) is 6. The van der Waals surface area contributed by atoms with Gasteiger partial charge in [-0.15, -0.1) is 0 Å². The molecule has 9 nitrogen and oxygen atoms in total. The maximum atomic E-state index is 15.3. The Morgan fingerprint density at radius 3 is 2.55 bits per heavy atom. The summed E-state index contributed by atoms with van der Waals surface area (Å²) < 4.78 is 76.2. The zero-order valence-electron chi connectivity index (χ0n) is 16.7. The van der Waals surface area contributed by atoms with E-state index in [1.54, 1.807) is 0 Å². The highest BCUT2D eigenvalue weighted by Crippen LogP contribution is 2.34. The first-order valence-corrected chi connectivity index (χ1v) is 10.6. The molecule has 4 rings (SSSR count). The van der Waals surface area contributed by atoms with Crippen molar-refractivity contribution in [3.63, 3.8) is 0 Å². The number of primary amides is 1. The minimum atomic E-state index is -4.53. The second-order valence-electron chi connectivity index (χ2n) is 6.72. The molecule has 0 saturated heterocycles. The second-order valence-corrected chi connectivity index (χ2v) is 8.37. The normalized spacial score (nSPS) is 11.5. The molecule has 0 bridgehead atoms. The van der Waals surface area contributed by atoms with Crippen molar-refractivity contribution < 1.29 is 31.1 Å². The van der Waals surface area contributed by atoms with Crippen LogP contribution < -0.4 is 15.2 Å². The predicted molar refractivity (Wildman–Crippen MR) is 112 cm³/mol. The van der Waals surface area contributed by atoms with Gasteiger partial charge in [0.05, 0.1) is 19.0 Å². The lowest BCUT2D eigenvalue weighted by Crippen LogP contribution is -2.16. The number of sulfonamides is 1. The SMILES string of the molecule is COc1ncc(F)cc1S(=O)(=O)Nc1cccc(-c2ccc3c(C(N)=O)[nH]nc3c2F)c1F. The lowest BCUT2D eigenvalue weighted by Gasteiger charge is -2.13. The molecule has 2 aromatic carbocycles. The third-order valence-electron chi connectivity index (χ3n) is 4.71. The van der Waals surface area contributed by atoms with Crippen molar-refractivity contribution in [2.45, 2.75) is 4.90 Å². The van der Waals surface area contributed by atoms with E-state index in [9.17, 15) is 17.6 Å². The number of ether oxygens (including phenoxy) is 1. The molecule has 4 aromatic rings. The van der Waals surface area contributed by atoms with Crippen molar-refractivity contribution in [3.05, 3.63) is 65.7 Å². The number of carbonyl (C=O) groups is 1. The van der Waals surface area contributed by atoms with E-state index in [0.29, 0.717) is 6.07 Å². The first-order valence-electron chi connectivity index (χ1n) is 9.11. The summed E-state index contributed by atoms with van der Waals surface area (Å²) in [7, 11) is -3.39. The standard InChI is InChI=1S/C20H14F3N5O4S/c1-32-20-14(7-9(21)8-25-20)33(30,31)28-13-4-2-3-10(15(13)22)11-5-6-12-17(16(11)23)26-27-18(12)19(24)29/h2-8,28H,1H3,(H2,24,29)(H,26,27). The van der Waals surface area contributed by atoms with Crippen LogP contribution in [0, 0.1) is 17.5 Å². The van der Waals surface area contributed by atoms with E-state index in [2.05, 4.69) is 15.2 Å². The minimum absolute atomic E-state index is 0.103. The molecule has 0 aliphatic rings. The molecule has 2 aromatic heterocycles. The van der Waals surface area contributed by atoms with E-state index in [1.165, 1.54) is 24.3 Å². The topological polar surface area (TPSA) is 140 Å². The Kier molecular flexibility index (Phi) is 5.41. The van der Waals surface area contributed by atoms with E-state index < -0.39 is 49.8 Å². The number of aromatic amines is 1. The van der Waals surface area contributed by atoms with Crippen LogP contribution in [0.25, 0.3) is 22.0 Å². The Morgan fingerprint density at radius 2 is 1.85 bits per heavy atom. The number of hydrogen-bond donors (Lipinski definition) is 3. The van der Waals surface area contributed by atoms with Crippen LogP contribution in [-0.4, -0.2) is 36.6 Å². The van der Waals surface area contributed by atoms with Crippen LogP contribution >= 0.6 is 0 Å². The van der Waals surface area contributed by atoms with Gasteiger partial charge in [-0.3, -0.25) is 14.6 Å². The molecular formula is C20H14F3N5O4S. The third-order valence-corrected chi connectivity index (χ3v) is 6.07. The van der Waals surface area contributed by atoms with Crippen LogP contribution in [0.1, 0.15) is 10.5 Å². The first kappa shape index (κ1) is 22.1. The molecule has 4 N–H and O–H groups in total. The molecule has 0 atom stereocenters. The molecule has 170 valence electrons. The molecule has 2 heterocycles. The quantitative estimate of drug-likeness (QED) is 0.390. The molecule has 0 saturated carbocycles. The number of anilines is 1. The molecular weight excluding hydrogens is 463 g/mol. The van der Waals surface area contributed by atoms with Gasteiger partial charge in [0, 0.05) is 22.6 Å². The lowest BCUT2D eigenvalue weighted by atomic mass is 10.0. The smallest absolute Gasteiger partial charge is 0.267 e. The van der Waals surface area contributed by atoms with Crippen LogP contribution in [0.4, 0.5) is 18.9 Å². The Bertz CT molecular complexity index is 1520. The minimum Gasteiger partial charge on any atom is -0.480 e. The lowest BCUT2D eigenvalue weighted by molar-refractivity contribution is 0.0997. The molecule has 33 heavy (non-hydrogen) atoms. The van der Waals surface area contributed by atoms with Gasteiger partial charge in [-0.2, -0.15) is 5.10 Å². The van der Waals surface area contributed by atoms with Gasteiger partial charge >= 0.3 is 0 Å². The van der Waals surface area contributed by atoms with E-state index in [-0.39, 0.29) is 27.7 Å².